The molecular weight excluding hydrogens is 458 g/mol. The Balaban J connectivity index is 1.28. The van der Waals surface area contributed by atoms with E-state index >= 15 is 0 Å². The molecule has 186 valence electrons. The fourth-order valence-electron chi connectivity index (χ4n) is 4.14. The van der Waals surface area contributed by atoms with Crippen molar-refractivity contribution < 1.29 is 13.9 Å². The Bertz CT molecular complexity index is 1390. The van der Waals surface area contributed by atoms with Crippen molar-refractivity contribution in [2.75, 3.05) is 44.8 Å². The molecule has 1 aromatic carbocycles. The molecule has 3 aromatic heterocycles. The van der Waals surface area contributed by atoms with Crippen molar-refractivity contribution in [1.29, 1.82) is 0 Å². The van der Waals surface area contributed by atoms with Crippen molar-refractivity contribution in [3.63, 3.8) is 0 Å². The first-order chi connectivity index (χ1) is 17.6. The van der Waals surface area contributed by atoms with E-state index in [0.29, 0.717) is 29.6 Å². The van der Waals surface area contributed by atoms with E-state index in [1.165, 1.54) is 0 Å². The van der Waals surface area contributed by atoms with Gasteiger partial charge < -0.3 is 24.2 Å². The summed E-state index contributed by atoms with van der Waals surface area (Å²) in [6.45, 7) is 8.82. The molecule has 1 saturated heterocycles. The van der Waals surface area contributed by atoms with Crippen LogP contribution in [0.4, 0.5) is 11.7 Å². The van der Waals surface area contributed by atoms with E-state index in [9.17, 15) is 4.79 Å². The zero-order chi connectivity index (χ0) is 24.9. The van der Waals surface area contributed by atoms with Crippen LogP contribution in [0.3, 0.4) is 0 Å². The summed E-state index contributed by atoms with van der Waals surface area (Å²) in [4.78, 5) is 26.2. The molecule has 0 radical (unpaired) electrons. The molecule has 0 atom stereocenters. The van der Waals surface area contributed by atoms with Crippen molar-refractivity contribution in [3.05, 3.63) is 76.5 Å². The van der Waals surface area contributed by atoms with Gasteiger partial charge >= 0.3 is 0 Å². The Kier molecular flexibility index (Phi) is 7.11. The van der Waals surface area contributed by atoms with Crippen molar-refractivity contribution in [2.24, 2.45) is 0 Å². The van der Waals surface area contributed by atoms with Gasteiger partial charge in [-0.1, -0.05) is 6.07 Å². The monoisotopic (exact) mass is 487 g/mol. The highest BCUT2D eigenvalue weighted by Crippen LogP contribution is 2.29. The smallest absolute Gasteiger partial charge is 0.299 e. The van der Waals surface area contributed by atoms with Crippen molar-refractivity contribution in [3.8, 4) is 28.3 Å². The molecule has 1 aliphatic heterocycles. The number of rotatable bonds is 8. The van der Waals surface area contributed by atoms with Gasteiger partial charge in [0, 0.05) is 49.3 Å². The maximum Gasteiger partial charge on any atom is 0.299 e. The number of nitrogens with zero attached hydrogens (tertiary/aromatic N) is 3. The zero-order valence-electron chi connectivity index (χ0n) is 20.4. The number of morpholine rings is 1. The number of anilines is 2. The molecule has 0 amide bonds. The van der Waals surface area contributed by atoms with Crippen LogP contribution in [0.5, 0.6) is 5.75 Å². The Labute approximate surface area is 209 Å². The van der Waals surface area contributed by atoms with Gasteiger partial charge in [0.2, 0.25) is 0 Å². The minimum Gasteiger partial charge on any atom is -0.492 e. The van der Waals surface area contributed by atoms with Gasteiger partial charge in [-0.3, -0.25) is 14.7 Å². The molecule has 5 rings (SSSR count). The molecule has 0 bridgehead atoms. The largest absolute Gasteiger partial charge is 0.492 e. The van der Waals surface area contributed by atoms with Gasteiger partial charge in [0.1, 0.15) is 12.4 Å². The summed E-state index contributed by atoms with van der Waals surface area (Å²) in [6, 6.07) is 11.8. The van der Waals surface area contributed by atoms with Crippen LogP contribution < -0.4 is 15.6 Å². The van der Waals surface area contributed by atoms with Crippen molar-refractivity contribution >= 4 is 11.7 Å². The normalized spacial score (nSPS) is 14.1. The lowest BCUT2D eigenvalue weighted by molar-refractivity contribution is 0.0322. The number of H-pyrrole nitrogens is 1. The quantitative estimate of drug-likeness (QED) is 0.382. The highest BCUT2D eigenvalue weighted by atomic mass is 16.5. The Morgan fingerprint density at radius 2 is 1.94 bits per heavy atom. The topological polar surface area (TPSA) is 106 Å². The molecule has 0 spiro atoms. The van der Waals surface area contributed by atoms with Gasteiger partial charge in [-0.2, -0.15) is 0 Å². The molecule has 9 nitrogen and oxygen atoms in total. The number of pyridine rings is 2. The minimum absolute atomic E-state index is 0.179. The Hall–Kier alpha value is -3.95. The van der Waals surface area contributed by atoms with Crippen LogP contribution in [0.2, 0.25) is 0 Å². The highest BCUT2D eigenvalue weighted by molar-refractivity contribution is 5.69. The van der Waals surface area contributed by atoms with Gasteiger partial charge in [-0.15, -0.1) is 0 Å². The molecule has 0 saturated carbocycles. The number of ether oxygens (including phenoxy) is 2. The van der Waals surface area contributed by atoms with E-state index in [0.717, 1.165) is 61.0 Å². The number of hydrogen-bond donors (Lipinski definition) is 2. The molecular formula is C27H29N5O4. The third kappa shape index (κ3) is 5.48. The zero-order valence-corrected chi connectivity index (χ0v) is 20.4. The fraction of sp³-hybridized carbons (Fsp3) is 0.296. The number of benzene rings is 1. The molecule has 4 heterocycles. The van der Waals surface area contributed by atoms with E-state index < -0.39 is 0 Å². The third-order valence-corrected chi connectivity index (χ3v) is 6.21. The van der Waals surface area contributed by atoms with Crippen LogP contribution in [0, 0.1) is 13.8 Å². The third-order valence-electron chi connectivity index (χ3n) is 6.21. The molecule has 1 aliphatic rings. The molecule has 4 aromatic rings. The number of nitrogens with one attached hydrogen (secondary N) is 2. The first-order valence-electron chi connectivity index (χ1n) is 12.0. The van der Waals surface area contributed by atoms with E-state index in [4.69, 9.17) is 13.9 Å². The fourth-order valence-corrected chi connectivity index (χ4v) is 4.14. The van der Waals surface area contributed by atoms with E-state index in [-0.39, 0.29) is 5.56 Å². The number of oxazole rings is 1. The summed E-state index contributed by atoms with van der Waals surface area (Å²) >= 11 is 0. The predicted molar refractivity (Wildman–Crippen MR) is 138 cm³/mol. The van der Waals surface area contributed by atoms with E-state index in [1.54, 1.807) is 18.6 Å². The highest BCUT2D eigenvalue weighted by Gasteiger charge is 2.14. The van der Waals surface area contributed by atoms with Gasteiger partial charge in [-0.05, 0) is 49.2 Å². The van der Waals surface area contributed by atoms with Gasteiger partial charge in [0.25, 0.3) is 11.6 Å². The van der Waals surface area contributed by atoms with Gasteiger partial charge in [0.05, 0.1) is 30.7 Å². The van der Waals surface area contributed by atoms with E-state index in [1.807, 2.05) is 50.2 Å². The summed E-state index contributed by atoms with van der Waals surface area (Å²) in [6.07, 6.45) is 4.95. The second kappa shape index (κ2) is 10.8. The van der Waals surface area contributed by atoms with Gasteiger partial charge in [0.15, 0.2) is 5.76 Å². The second-order valence-corrected chi connectivity index (χ2v) is 8.73. The molecule has 9 heteroatoms. The van der Waals surface area contributed by atoms with Crippen LogP contribution in [0.1, 0.15) is 11.1 Å². The van der Waals surface area contributed by atoms with Gasteiger partial charge in [-0.25, -0.2) is 4.98 Å². The standard InChI is InChI=1S/C27H29N5O4/c1-18-3-4-21(35-14-11-32-9-12-34-13-10-32)16-22(18)31-27-30-17-24(36-27)20-6-8-28-23(15-20)25-19(2)5-7-29-26(25)33/h3-8,15-17H,9-14H2,1-2H3,(H,29,33)(H,30,31). The lowest BCUT2D eigenvalue weighted by atomic mass is 10.1. The summed E-state index contributed by atoms with van der Waals surface area (Å²) in [7, 11) is 0. The molecule has 1 fully saturated rings. The predicted octanol–water partition coefficient (Wildman–Crippen LogP) is 4.16. The summed E-state index contributed by atoms with van der Waals surface area (Å²) < 4.78 is 17.4. The first-order valence-corrected chi connectivity index (χ1v) is 12.0. The number of aromatic amines is 1. The lowest BCUT2D eigenvalue weighted by Gasteiger charge is -2.26. The summed E-state index contributed by atoms with van der Waals surface area (Å²) in [5.41, 5.74) is 4.47. The lowest BCUT2D eigenvalue weighted by Crippen LogP contribution is -2.38. The average molecular weight is 488 g/mol. The summed E-state index contributed by atoms with van der Waals surface area (Å²) in [5.74, 6) is 1.35. The van der Waals surface area contributed by atoms with Crippen molar-refractivity contribution in [2.45, 2.75) is 13.8 Å². The first kappa shape index (κ1) is 23.8. The maximum absolute atomic E-state index is 12.3. The number of aryl methyl sites for hydroxylation is 2. The average Bonchev–Trinajstić information content (AvgIpc) is 3.35. The van der Waals surface area contributed by atoms with Crippen LogP contribution in [0.25, 0.3) is 22.6 Å². The van der Waals surface area contributed by atoms with Crippen LogP contribution >= 0.6 is 0 Å². The Morgan fingerprint density at radius 1 is 1.08 bits per heavy atom. The van der Waals surface area contributed by atoms with Crippen LogP contribution in [-0.4, -0.2) is 59.3 Å². The molecule has 36 heavy (non-hydrogen) atoms. The SMILES string of the molecule is Cc1ccc(OCCN2CCOCC2)cc1Nc1ncc(-c2ccnc(-c3c(C)cc[nH]c3=O)c2)o1. The second-order valence-electron chi connectivity index (χ2n) is 8.73. The molecule has 0 unspecified atom stereocenters. The number of aromatic nitrogens is 3. The van der Waals surface area contributed by atoms with E-state index in [2.05, 4.69) is 25.2 Å². The maximum atomic E-state index is 12.3. The Morgan fingerprint density at radius 3 is 2.78 bits per heavy atom. The molecule has 2 N–H and O–H groups in total. The van der Waals surface area contributed by atoms with Crippen LogP contribution in [0.15, 0.2) is 64.2 Å². The summed E-state index contributed by atoms with van der Waals surface area (Å²) in [5, 5.41) is 3.25. The minimum atomic E-state index is -0.179. The van der Waals surface area contributed by atoms with Crippen LogP contribution in [-0.2, 0) is 4.74 Å². The number of hydrogen-bond acceptors (Lipinski definition) is 8. The van der Waals surface area contributed by atoms with Crippen molar-refractivity contribution in [1.82, 2.24) is 19.9 Å². The molecule has 0 aliphatic carbocycles.